The highest BCUT2D eigenvalue weighted by Crippen LogP contribution is 2.33. The summed E-state index contributed by atoms with van der Waals surface area (Å²) in [5.74, 6) is 0.270. The molecule has 1 aromatic heterocycles. The molecule has 2 aromatic rings. The van der Waals surface area contributed by atoms with Crippen molar-refractivity contribution in [2.24, 2.45) is 5.92 Å². The van der Waals surface area contributed by atoms with Gasteiger partial charge in [-0.2, -0.15) is 0 Å². The molecule has 1 saturated heterocycles. The number of hydrogen-bond donors (Lipinski definition) is 1. The molecule has 1 N–H and O–H groups in total. The third-order valence-corrected chi connectivity index (χ3v) is 4.44. The first-order chi connectivity index (χ1) is 11.6. The summed E-state index contributed by atoms with van der Waals surface area (Å²) in [6, 6.07) is 7.95. The Kier molecular flexibility index (Phi) is 3.55. The molecule has 24 heavy (non-hydrogen) atoms. The summed E-state index contributed by atoms with van der Waals surface area (Å²) in [7, 11) is 0. The van der Waals surface area contributed by atoms with Crippen LogP contribution in [0.4, 0.5) is 11.7 Å². The van der Waals surface area contributed by atoms with Crippen LogP contribution in [0, 0.1) is 12.8 Å². The number of nitrogens with zero attached hydrogens (tertiary/aromatic N) is 3. The number of rotatable bonds is 4. The molecule has 0 spiro atoms. The number of nitrogens with one attached hydrogen (secondary N) is 1. The fourth-order valence-electron chi connectivity index (χ4n) is 2.85. The van der Waals surface area contributed by atoms with Crippen LogP contribution in [0.15, 0.2) is 28.7 Å². The first kappa shape index (κ1) is 14.9. The van der Waals surface area contributed by atoms with E-state index in [1.807, 2.05) is 31.2 Å². The third kappa shape index (κ3) is 2.89. The van der Waals surface area contributed by atoms with Gasteiger partial charge in [-0.3, -0.25) is 14.9 Å². The molecular weight excluding hydrogens is 308 g/mol. The predicted octanol–water partition coefficient (Wildman–Crippen LogP) is 2.25. The van der Waals surface area contributed by atoms with Crippen molar-refractivity contribution < 1.29 is 14.0 Å². The monoisotopic (exact) mass is 326 g/mol. The van der Waals surface area contributed by atoms with Crippen LogP contribution in [-0.2, 0) is 9.59 Å². The van der Waals surface area contributed by atoms with Crippen LogP contribution in [-0.4, -0.2) is 28.6 Å². The van der Waals surface area contributed by atoms with E-state index in [1.165, 1.54) is 0 Å². The summed E-state index contributed by atoms with van der Waals surface area (Å²) in [4.78, 5) is 25.7. The Balaban J connectivity index is 1.45. The molecule has 1 atom stereocenters. The fourth-order valence-corrected chi connectivity index (χ4v) is 2.85. The van der Waals surface area contributed by atoms with Crippen LogP contribution in [0.3, 0.4) is 0 Å². The van der Waals surface area contributed by atoms with Crippen LogP contribution in [0.25, 0.3) is 0 Å². The van der Waals surface area contributed by atoms with Gasteiger partial charge in [-0.15, -0.1) is 5.10 Å². The van der Waals surface area contributed by atoms with Gasteiger partial charge in [-0.25, -0.2) is 0 Å². The molecule has 2 fully saturated rings. The van der Waals surface area contributed by atoms with Gasteiger partial charge in [0.1, 0.15) is 0 Å². The highest BCUT2D eigenvalue weighted by molar-refractivity contribution is 5.96. The van der Waals surface area contributed by atoms with E-state index in [0.29, 0.717) is 18.9 Å². The zero-order valence-electron chi connectivity index (χ0n) is 13.4. The summed E-state index contributed by atoms with van der Waals surface area (Å²) in [6.07, 6.45) is 2.15. The van der Waals surface area contributed by atoms with Gasteiger partial charge >= 0.3 is 6.01 Å². The number of anilines is 2. The molecule has 2 amide bonds. The molecular formula is C17H18N4O3. The molecule has 7 heteroatoms. The minimum Gasteiger partial charge on any atom is -0.407 e. The van der Waals surface area contributed by atoms with Gasteiger partial charge in [0.15, 0.2) is 0 Å². The zero-order chi connectivity index (χ0) is 16.7. The Morgan fingerprint density at radius 2 is 2.00 bits per heavy atom. The highest BCUT2D eigenvalue weighted by atomic mass is 16.4. The Labute approximate surface area is 139 Å². The summed E-state index contributed by atoms with van der Waals surface area (Å²) >= 11 is 0. The molecule has 1 aliphatic carbocycles. The van der Waals surface area contributed by atoms with E-state index in [2.05, 4.69) is 15.5 Å². The number of hydrogen-bond acceptors (Lipinski definition) is 5. The summed E-state index contributed by atoms with van der Waals surface area (Å²) in [6.45, 7) is 2.51. The lowest BCUT2D eigenvalue weighted by Gasteiger charge is -2.16. The predicted molar refractivity (Wildman–Crippen MR) is 86.5 cm³/mol. The zero-order valence-corrected chi connectivity index (χ0v) is 13.4. The SMILES string of the molecule is Cc1ccc(N2CC(c3nnc(NC(=O)C4CC4)o3)CC2=O)cc1. The quantitative estimate of drug-likeness (QED) is 0.931. The number of aryl methyl sites for hydroxylation is 1. The van der Waals surface area contributed by atoms with Crippen molar-refractivity contribution >= 4 is 23.5 Å². The van der Waals surface area contributed by atoms with Crippen molar-refractivity contribution in [3.8, 4) is 0 Å². The maximum Gasteiger partial charge on any atom is 0.322 e. The minimum absolute atomic E-state index is 0.0330. The van der Waals surface area contributed by atoms with E-state index in [1.54, 1.807) is 4.90 Å². The number of carbonyl (C=O) groups is 2. The molecule has 1 aromatic carbocycles. The first-order valence-electron chi connectivity index (χ1n) is 8.11. The number of benzene rings is 1. The van der Waals surface area contributed by atoms with E-state index < -0.39 is 0 Å². The number of carbonyl (C=O) groups excluding carboxylic acids is 2. The van der Waals surface area contributed by atoms with Gasteiger partial charge < -0.3 is 9.32 Å². The average molecular weight is 326 g/mol. The van der Waals surface area contributed by atoms with Crippen molar-refractivity contribution in [2.75, 3.05) is 16.8 Å². The summed E-state index contributed by atoms with van der Waals surface area (Å²) < 4.78 is 5.53. The van der Waals surface area contributed by atoms with E-state index in [4.69, 9.17) is 4.42 Å². The molecule has 2 aliphatic rings. The smallest absolute Gasteiger partial charge is 0.322 e. The van der Waals surface area contributed by atoms with E-state index in [0.717, 1.165) is 24.1 Å². The van der Waals surface area contributed by atoms with Crippen LogP contribution in [0.5, 0.6) is 0 Å². The topological polar surface area (TPSA) is 88.3 Å². The molecule has 0 radical (unpaired) electrons. The van der Waals surface area contributed by atoms with Gasteiger partial charge in [-0.05, 0) is 31.9 Å². The molecule has 124 valence electrons. The molecule has 2 heterocycles. The maximum atomic E-state index is 12.3. The Hall–Kier alpha value is -2.70. The highest BCUT2D eigenvalue weighted by Gasteiger charge is 2.35. The van der Waals surface area contributed by atoms with Gasteiger partial charge in [0.2, 0.25) is 17.7 Å². The summed E-state index contributed by atoms with van der Waals surface area (Å²) in [5, 5.41) is 10.5. The molecule has 0 bridgehead atoms. The molecule has 1 saturated carbocycles. The lowest BCUT2D eigenvalue weighted by Crippen LogP contribution is -2.24. The second-order valence-corrected chi connectivity index (χ2v) is 6.45. The van der Waals surface area contributed by atoms with Crippen molar-refractivity contribution in [3.05, 3.63) is 35.7 Å². The number of aromatic nitrogens is 2. The van der Waals surface area contributed by atoms with E-state index >= 15 is 0 Å². The largest absolute Gasteiger partial charge is 0.407 e. The van der Waals surface area contributed by atoms with Crippen LogP contribution >= 0.6 is 0 Å². The minimum atomic E-state index is -0.155. The van der Waals surface area contributed by atoms with Crippen LogP contribution in [0.2, 0.25) is 0 Å². The summed E-state index contributed by atoms with van der Waals surface area (Å²) in [5.41, 5.74) is 2.02. The van der Waals surface area contributed by atoms with Gasteiger partial charge in [0.25, 0.3) is 0 Å². The van der Waals surface area contributed by atoms with E-state index in [-0.39, 0.29) is 29.7 Å². The van der Waals surface area contributed by atoms with Crippen molar-refractivity contribution in [2.45, 2.75) is 32.1 Å². The van der Waals surface area contributed by atoms with Crippen molar-refractivity contribution in [3.63, 3.8) is 0 Å². The Morgan fingerprint density at radius 3 is 2.71 bits per heavy atom. The number of amides is 2. The lowest BCUT2D eigenvalue weighted by atomic mass is 10.1. The van der Waals surface area contributed by atoms with Crippen LogP contribution < -0.4 is 10.2 Å². The third-order valence-electron chi connectivity index (χ3n) is 4.44. The van der Waals surface area contributed by atoms with Crippen molar-refractivity contribution in [1.29, 1.82) is 0 Å². The normalized spacial score (nSPS) is 20.5. The standard InChI is InChI=1S/C17H18N4O3/c1-10-2-6-13(7-3-10)21-9-12(8-14(21)22)16-19-20-17(24-16)18-15(23)11-4-5-11/h2-3,6-7,11-12H,4-5,8-9H2,1H3,(H,18,20,23). The fraction of sp³-hybridized carbons (Fsp3) is 0.412. The van der Waals surface area contributed by atoms with Gasteiger partial charge in [0.05, 0.1) is 5.92 Å². The lowest BCUT2D eigenvalue weighted by molar-refractivity contribution is -0.118. The second kappa shape index (κ2) is 5.74. The van der Waals surface area contributed by atoms with Gasteiger partial charge in [-0.1, -0.05) is 22.8 Å². The molecule has 1 aliphatic heterocycles. The molecule has 7 nitrogen and oxygen atoms in total. The molecule has 1 unspecified atom stereocenters. The Morgan fingerprint density at radius 1 is 1.25 bits per heavy atom. The van der Waals surface area contributed by atoms with Gasteiger partial charge in [0, 0.05) is 24.6 Å². The average Bonchev–Trinajstić information content (AvgIpc) is 3.21. The maximum absolute atomic E-state index is 12.3. The van der Waals surface area contributed by atoms with E-state index in [9.17, 15) is 9.59 Å². The first-order valence-corrected chi connectivity index (χ1v) is 8.11. The second-order valence-electron chi connectivity index (χ2n) is 6.45. The van der Waals surface area contributed by atoms with Crippen molar-refractivity contribution in [1.82, 2.24) is 10.2 Å². The Bertz CT molecular complexity index is 779. The molecule has 4 rings (SSSR count). The van der Waals surface area contributed by atoms with Crippen LogP contribution in [0.1, 0.15) is 36.6 Å².